The molecule has 0 unspecified atom stereocenters. The highest BCUT2D eigenvalue weighted by Gasteiger charge is 2.23. The van der Waals surface area contributed by atoms with Gasteiger partial charge in [0.05, 0.1) is 6.61 Å². The summed E-state index contributed by atoms with van der Waals surface area (Å²) in [6.45, 7) is 8.63. The van der Waals surface area contributed by atoms with E-state index in [1.807, 2.05) is 6.92 Å². The molecular weight excluding hydrogens is 419 g/mol. The van der Waals surface area contributed by atoms with Crippen molar-refractivity contribution in [3.8, 4) is 0 Å². The van der Waals surface area contributed by atoms with E-state index in [9.17, 15) is 4.79 Å². The summed E-state index contributed by atoms with van der Waals surface area (Å²) in [6.07, 6.45) is 4.89. The first-order valence-corrected chi connectivity index (χ1v) is 8.87. The fourth-order valence-corrected chi connectivity index (χ4v) is 2.94. The monoisotopic (exact) mass is 454 g/mol. The molecule has 6 nitrogen and oxygen atoms in total. The first kappa shape index (κ1) is 23.4. The molecule has 0 aliphatic heterocycles. The molecule has 24 heavy (non-hydrogen) atoms. The van der Waals surface area contributed by atoms with Crippen molar-refractivity contribution in [2.45, 2.75) is 52.5 Å². The number of halogens is 1. The summed E-state index contributed by atoms with van der Waals surface area (Å²) in [6, 6.07) is 0.458. The fourth-order valence-electron chi connectivity index (χ4n) is 2.94. The Bertz CT molecular complexity index is 370. The number of aliphatic imine (C=N–C) groups is 1. The summed E-state index contributed by atoms with van der Waals surface area (Å²) in [5, 5.41) is 9.47. The van der Waals surface area contributed by atoms with Gasteiger partial charge in [-0.15, -0.1) is 24.0 Å². The van der Waals surface area contributed by atoms with Crippen LogP contribution >= 0.6 is 24.0 Å². The van der Waals surface area contributed by atoms with Crippen LogP contribution in [0, 0.1) is 11.8 Å². The van der Waals surface area contributed by atoms with Gasteiger partial charge in [-0.1, -0.05) is 13.8 Å². The van der Waals surface area contributed by atoms with Crippen LogP contribution in [0.15, 0.2) is 4.99 Å². The van der Waals surface area contributed by atoms with Crippen LogP contribution in [0.25, 0.3) is 0 Å². The Balaban J connectivity index is 0.00000529. The first-order valence-electron chi connectivity index (χ1n) is 8.87. The lowest BCUT2D eigenvalue weighted by Crippen LogP contribution is -2.45. The van der Waals surface area contributed by atoms with Crippen molar-refractivity contribution in [2.24, 2.45) is 16.8 Å². The number of methoxy groups -OCH3 is 1. The highest BCUT2D eigenvalue weighted by atomic mass is 127. The van der Waals surface area contributed by atoms with Crippen molar-refractivity contribution in [3.63, 3.8) is 0 Å². The van der Waals surface area contributed by atoms with E-state index in [4.69, 9.17) is 4.74 Å². The third-order valence-electron chi connectivity index (χ3n) is 4.41. The van der Waals surface area contributed by atoms with E-state index in [2.05, 4.69) is 34.8 Å². The van der Waals surface area contributed by atoms with Gasteiger partial charge in [0, 0.05) is 26.2 Å². The standard InChI is InChI=1S/C17H34N4O2.HI/c1-5-18-17(20-12-16(22)19-10-11-23-4)21-15-8-6-14(7-9-15)13(2)3;/h13-15H,5-12H2,1-4H3,(H,19,22)(H2,18,20,21);1H. The van der Waals surface area contributed by atoms with Crippen molar-refractivity contribution in [1.29, 1.82) is 0 Å². The van der Waals surface area contributed by atoms with E-state index in [0.29, 0.717) is 19.2 Å². The van der Waals surface area contributed by atoms with E-state index in [0.717, 1.165) is 24.3 Å². The Labute approximate surface area is 164 Å². The predicted molar refractivity (Wildman–Crippen MR) is 110 cm³/mol. The number of rotatable bonds is 8. The maximum Gasteiger partial charge on any atom is 0.241 e. The molecule has 1 rings (SSSR count). The molecule has 0 heterocycles. The first-order chi connectivity index (χ1) is 11.1. The Morgan fingerprint density at radius 2 is 1.88 bits per heavy atom. The maximum atomic E-state index is 11.7. The van der Waals surface area contributed by atoms with Crippen LogP contribution in [0.3, 0.4) is 0 Å². The highest BCUT2D eigenvalue weighted by Crippen LogP contribution is 2.29. The Hall–Kier alpha value is -0.570. The van der Waals surface area contributed by atoms with Crippen LogP contribution in [0.4, 0.5) is 0 Å². The van der Waals surface area contributed by atoms with Gasteiger partial charge in [-0.25, -0.2) is 4.99 Å². The SMILES string of the molecule is CCNC(=NCC(=O)NCCOC)NC1CCC(C(C)C)CC1.I. The molecule has 1 aliphatic rings. The predicted octanol–water partition coefficient (Wildman–Crippen LogP) is 2.14. The van der Waals surface area contributed by atoms with Crippen molar-refractivity contribution >= 4 is 35.8 Å². The zero-order valence-electron chi connectivity index (χ0n) is 15.6. The number of amides is 1. The molecular formula is C17H35IN4O2. The number of carbonyl (C=O) groups is 1. The second-order valence-electron chi connectivity index (χ2n) is 6.54. The molecule has 0 aromatic heterocycles. The second-order valence-corrected chi connectivity index (χ2v) is 6.54. The quantitative estimate of drug-likeness (QED) is 0.228. The molecule has 1 aliphatic carbocycles. The van der Waals surface area contributed by atoms with Gasteiger partial charge in [0.2, 0.25) is 5.91 Å². The van der Waals surface area contributed by atoms with E-state index < -0.39 is 0 Å². The van der Waals surface area contributed by atoms with E-state index in [1.165, 1.54) is 25.7 Å². The molecule has 7 heteroatoms. The number of hydrogen-bond acceptors (Lipinski definition) is 3. The lowest BCUT2D eigenvalue weighted by Gasteiger charge is -2.32. The molecule has 0 aromatic carbocycles. The number of ether oxygens (including phenoxy) is 1. The molecule has 3 N–H and O–H groups in total. The van der Waals surface area contributed by atoms with Crippen molar-refractivity contribution in [3.05, 3.63) is 0 Å². The van der Waals surface area contributed by atoms with E-state index >= 15 is 0 Å². The summed E-state index contributed by atoms with van der Waals surface area (Å²) in [7, 11) is 1.62. The van der Waals surface area contributed by atoms with Crippen LogP contribution in [0.2, 0.25) is 0 Å². The molecule has 0 aromatic rings. The van der Waals surface area contributed by atoms with Gasteiger partial charge in [-0.3, -0.25) is 4.79 Å². The number of carbonyl (C=O) groups excluding carboxylic acids is 1. The van der Waals surface area contributed by atoms with Gasteiger partial charge < -0.3 is 20.7 Å². The summed E-state index contributed by atoms with van der Waals surface area (Å²) < 4.78 is 4.91. The molecule has 0 radical (unpaired) electrons. The average molecular weight is 454 g/mol. The van der Waals surface area contributed by atoms with Gasteiger partial charge in [-0.05, 0) is 44.4 Å². The normalized spacial score (nSPS) is 21.1. The van der Waals surface area contributed by atoms with Gasteiger partial charge >= 0.3 is 0 Å². The summed E-state index contributed by atoms with van der Waals surface area (Å²) in [4.78, 5) is 16.1. The van der Waals surface area contributed by atoms with Crippen LogP contribution in [0.5, 0.6) is 0 Å². The molecule has 0 spiro atoms. The molecule has 1 fully saturated rings. The maximum absolute atomic E-state index is 11.7. The lowest BCUT2D eigenvalue weighted by molar-refractivity contribution is -0.119. The average Bonchev–Trinajstić information content (AvgIpc) is 2.53. The molecule has 0 bridgehead atoms. The Kier molecular flexibility index (Phi) is 13.4. The largest absolute Gasteiger partial charge is 0.383 e. The third kappa shape index (κ3) is 9.66. The third-order valence-corrected chi connectivity index (χ3v) is 4.41. The van der Waals surface area contributed by atoms with Crippen LogP contribution < -0.4 is 16.0 Å². The van der Waals surface area contributed by atoms with E-state index in [-0.39, 0.29) is 36.4 Å². The van der Waals surface area contributed by atoms with Crippen LogP contribution in [0.1, 0.15) is 46.5 Å². The van der Waals surface area contributed by atoms with Gasteiger partial charge in [0.1, 0.15) is 6.54 Å². The Morgan fingerprint density at radius 1 is 1.21 bits per heavy atom. The topological polar surface area (TPSA) is 74.8 Å². The van der Waals surface area contributed by atoms with Crippen LogP contribution in [-0.4, -0.2) is 51.3 Å². The number of guanidine groups is 1. The zero-order chi connectivity index (χ0) is 17.1. The fraction of sp³-hybridized carbons (Fsp3) is 0.882. The van der Waals surface area contributed by atoms with Crippen molar-refractivity contribution in [2.75, 3.05) is 33.4 Å². The Morgan fingerprint density at radius 3 is 2.42 bits per heavy atom. The number of nitrogens with one attached hydrogen (secondary N) is 3. The lowest BCUT2D eigenvalue weighted by atomic mass is 9.80. The molecule has 1 amide bonds. The van der Waals surface area contributed by atoms with Gasteiger partial charge in [0.15, 0.2) is 5.96 Å². The minimum absolute atomic E-state index is 0. The number of nitrogens with zero attached hydrogens (tertiary/aromatic N) is 1. The molecule has 1 saturated carbocycles. The molecule has 142 valence electrons. The minimum Gasteiger partial charge on any atom is -0.383 e. The van der Waals surface area contributed by atoms with E-state index in [1.54, 1.807) is 7.11 Å². The second kappa shape index (κ2) is 13.7. The van der Waals surface area contributed by atoms with Gasteiger partial charge in [0.25, 0.3) is 0 Å². The summed E-state index contributed by atoms with van der Waals surface area (Å²) in [5.74, 6) is 2.28. The number of hydrogen-bond donors (Lipinski definition) is 3. The van der Waals surface area contributed by atoms with Crippen LogP contribution in [-0.2, 0) is 9.53 Å². The van der Waals surface area contributed by atoms with Gasteiger partial charge in [-0.2, -0.15) is 0 Å². The highest BCUT2D eigenvalue weighted by molar-refractivity contribution is 14.0. The molecule has 0 saturated heterocycles. The van der Waals surface area contributed by atoms with Crippen molar-refractivity contribution < 1.29 is 9.53 Å². The van der Waals surface area contributed by atoms with Crippen molar-refractivity contribution in [1.82, 2.24) is 16.0 Å². The molecule has 0 atom stereocenters. The zero-order valence-corrected chi connectivity index (χ0v) is 17.9. The minimum atomic E-state index is -0.0808. The smallest absolute Gasteiger partial charge is 0.241 e. The summed E-state index contributed by atoms with van der Waals surface area (Å²) >= 11 is 0. The summed E-state index contributed by atoms with van der Waals surface area (Å²) in [5.41, 5.74) is 0.